The summed E-state index contributed by atoms with van der Waals surface area (Å²) in [4.78, 5) is 19.3. The summed E-state index contributed by atoms with van der Waals surface area (Å²) in [5, 5.41) is 14.5. The average molecular weight is 296 g/mol. The van der Waals surface area contributed by atoms with Crippen LogP contribution in [0.3, 0.4) is 0 Å². The van der Waals surface area contributed by atoms with Gasteiger partial charge in [-0.15, -0.1) is 0 Å². The van der Waals surface area contributed by atoms with Gasteiger partial charge < -0.3 is 10.1 Å². The minimum Gasteiger partial charge on any atom is -0.480 e. The number of fused-ring (bicyclic) bond motifs is 1. The van der Waals surface area contributed by atoms with Gasteiger partial charge in [0.25, 0.3) is 0 Å². The smallest absolute Gasteiger partial charge is 0.320 e. The highest BCUT2D eigenvalue weighted by atomic mass is 16.6. The Bertz CT molecular complexity index is 837. The van der Waals surface area contributed by atoms with Gasteiger partial charge in [-0.25, -0.2) is 9.97 Å². The van der Waals surface area contributed by atoms with Crippen molar-refractivity contribution < 1.29 is 9.66 Å². The van der Waals surface area contributed by atoms with Gasteiger partial charge in [0.05, 0.1) is 23.7 Å². The second-order valence-electron chi connectivity index (χ2n) is 4.49. The number of methoxy groups -OCH3 is 1. The monoisotopic (exact) mass is 296 g/mol. The normalized spacial score (nSPS) is 10.4. The molecule has 0 saturated carbocycles. The lowest BCUT2D eigenvalue weighted by Crippen LogP contribution is -2.00. The molecule has 0 atom stereocenters. The minimum absolute atomic E-state index is 0.132. The zero-order valence-corrected chi connectivity index (χ0v) is 11.7. The maximum absolute atomic E-state index is 11.5. The summed E-state index contributed by atoms with van der Waals surface area (Å²) in [6, 6.07) is 12.5. The van der Waals surface area contributed by atoms with Gasteiger partial charge in [-0.3, -0.25) is 10.1 Å². The van der Waals surface area contributed by atoms with Gasteiger partial charge in [0, 0.05) is 5.69 Å². The molecule has 0 bridgehead atoms. The second kappa shape index (κ2) is 5.65. The van der Waals surface area contributed by atoms with Crippen molar-refractivity contribution in [1.82, 2.24) is 9.97 Å². The zero-order chi connectivity index (χ0) is 15.5. The van der Waals surface area contributed by atoms with Crippen LogP contribution in [-0.2, 0) is 0 Å². The van der Waals surface area contributed by atoms with E-state index in [-0.39, 0.29) is 17.1 Å². The maximum atomic E-state index is 11.5. The van der Waals surface area contributed by atoms with Crippen molar-refractivity contribution in [1.29, 1.82) is 0 Å². The predicted octanol–water partition coefficient (Wildman–Crippen LogP) is 3.29. The molecule has 3 aromatic rings. The Morgan fingerprint density at radius 3 is 2.64 bits per heavy atom. The largest absolute Gasteiger partial charge is 0.480 e. The number of rotatable bonds is 4. The summed E-state index contributed by atoms with van der Waals surface area (Å²) < 4.78 is 5.00. The van der Waals surface area contributed by atoms with E-state index >= 15 is 0 Å². The number of nitro benzene ring substituents is 1. The van der Waals surface area contributed by atoms with Crippen LogP contribution in [0.2, 0.25) is 0 Å². The maximum Gasteiger partial charge on any atom is 0.320 e. The van der Waals surface area contributed by atoms with Crippen LogP contribution < -0.4 is 10.1 Å². The molecule has 7 heteroatoms. The first kappa shape index (κ1) is 13.7. The molecule has 2 aromatic carbocycles. The fraction of sp³-hybridized carbons (Fsp3) is 0.0667. The molecular weight excluding hydrogens is 284 g/mol. The SMILES string of the molecule is COc1cnc2ccc(Nc3ccccc3)c([N+](=O)[O-])c2n1. The van der Waals surface area contributed by atoms with Crippen LogP contribution in [0.5, 0.6) is 5.88 Å². The summed E-state index contributed by atoms with van der Waals surface area (Å²) in [5.41, 5.74) is 1.59. The third kappa shape index (κ3) is 2.51. The molecule has 0 unspecified atom stereocenters. The van der Waals surface area contributed by atoms with Crippen LogP contribution in [0.1, 0.15) is 0 Å². The highest BCUT2D eigenvalue weighted by molar-refractivity contribution is 5.92. The van der Waals surface area contributed by atoms with Gasteiger partial charge >= 0.3 is 5.69 Å². The molecule has 0 aliphatic carbocycles. The summed E-state index contributed by atoms with van der Waals surface area (Å²) >= 11 is 0. The van der Waals surface area contributed by atoms with Crippen molar-refractivity contribution in [2.75, 3.05) is 12.4 Å². The van der Waals surface area contributed by atoms with Gasteiger partial charge in [0.1, 0.15) is 5.69 Å². The Labute approximate surface area is 125 Å². The average Bonchev–Trinajstić information content (AvgIpc) is 2.54. The summed E-state index contributed by atoms with van der Waals surface area (Å²) in [6.07, 6.45) is 1.43. The summed E-state index contributed by atoms with van der Waals surface area (Å²) in [5.74, 6) is 0.229. The third-order valence-electron chi connectivity index (χ3n) is 3.11. The molecule has 0 radical (unpaired) electrons. The van der Waals surface area contributed by atoms with Crippen LogP contribution in [0, 0.1) is 10.1 Å². The Morgan fingerprint density at radius 1 is 1.18 bits per heavy atom. The van der Waals surface area contributed by atoms with Crippen molar-refractivity contribution in [2.24, 2.45) is 0 Å². The van der Waals surface area contributed by atoms with Gasteiger partial charge in [-0.1, -0.05) is 18.2 Å². The minimum atomic E-state index is -0.471. The molecule has 7 nitrogen and oxygen atoms in total. The molecule has 0 fully saturated rings. The summed E-state index contributed by atoms with van der Waals surface area (Å²) in [6.45, 7) is 0. The summed E-state index contributed by atoms with van der Waals surface area (Å²) in [7, 11) is 1.44. The molecule has 110 valence electrons. The van der Waals surface area contributed by atoms with E-state index in [9.17, 15) is 10.1 Å². The number of anilines is 2. The number of nitro groups is 1. The van der Waals surface area contributed by atoms with Gasteiger partial charge in [0.2, 0.25) is 5.88 Å². The quantitative estimate of drug-likeness (QED) is 0.587. The Morgan fingerprint density at radius 2 is 1.95 bits per heavy atom. The van der Waals surface area contributed by atoms with Crippen molar-refractivity contribution in [2.45, 2.75) is 0 Å². The van der Waals surface area contributed by atoms with E-state index < -0.39 is 4.92 Å². The molecule has 3 rings (SSSR count). The fourth-order valence-electron chi connectivity index (χ4n) is 2.11. The van der Waals surface area contributed by atoms with Crippen molar-refractivity contribution in [3.05, 3.63) is 58.8 Å². The fourth-order valence-corrected chi connectivity index (χ4v) is 2.11. The molecule has 1 aromatic heterocycles. The first-order chi connectivity index (χ1) is 10.7. The van der Waals surface area contributed by atoms with E-state index in [1.54, 1.807) is 12.1 Å². The van der Waals surface area contributed by atoms with E-state index in [1.807, 2.05) is 30.3 Å². The number of nitrogens with zero attached hydrogens (tertiary/aromatic N) is 3. The predicted molar refractivity (Wildman–Crippen MR) is 82.5 cm³/mol. The molecule has 0 aliphatic heterocycles. The van der Waals surface area contributed by atoms with Crippen LogP contribution in [0.4, 0.5) is 17.1 Å². The Hall–Kier alpha value is -3.22. The number of hydrogen-bond donors (Lipinski definition) is 1. The Balaban J connectivity index is 2.17. The van der Waals surface area contributed by atoms with E-state index in [4.69, 9.17) is 4.74 Å². The second-order valence-corrected chi connectivity index (χ2v) is 4.49. The van der Waals surface area contributed by atoms with Crippen molar-refractivity contribution >= 4 is 28.1 Å². The van der Waals surface area contributed by atoms with Crippen LogP contribution in [-0.4, -0.2) is 22.0 Å². The van der Waals surface area contributed by atoms with E-state index in [0.29, 0.717) is 11.2 Å². The number of aromatic nitrogens is 2. The topological polar surface area (TPSA) is 90.2 Å². The van der Waals surface area contributed by atoms with Crippen molar-refractivity contribution in [3.8, 4) is 5.88 Å². The van der Waals surface area contributed by atoms with Gasteiger partial charge in [-0.05, 0) is 24.3 Å². The highest BCUT2D eigenvalue weighted by Crippen LogP contribution is 2.34. The van der Waals surface area contributed by atoms with E-state index in [1.165, 1.54) is 13.3 Å². The molecular formula is C15H12N4O3. The van der Waals surface area contributed by atoms with Crippen LogP contribution in [0.15, 0.2) is 48.7 Å². The highest BCUT2D eigenvalue weighted by Gasteiger charge is 2.21. The van der Waals surface area contributed by atoms with E-state index in [0.717, 1.165) is 5.69 Å². The zero-order valence-electron chi connectivity index (χ0n) is 11.7. The molecule has 0 amide bonds. The molecule has 22 heavy (non-hydrogen) atoms. The van der Waals surface area contributed by atoms with Gasteiger partial charge in [-0.2, -0.15) is 0 Å². The molecule has 1 N–H and O–H groups in total. The van der Waals surface area contributed by atoms with Crippen LogP contribution >= 0.6 is 0 Å². The Kier molecular flexibility index (Phi) is 3.53. The molecule has 0 saturated heterocycles. The number of nitrogens with one attached hydrogen (secondary N) is 1. The first-order valence-electron chi connectivity index (χ1n) is 6.49. The standard InChI is InChI=1S/C15H12N4O3/c1-22-13-9-16-11-7-8-12(15(19(20)21)14(11)18-13)17-10-5-3-2-4-6-10/h2-9,17H,1H3. The lowest BCUT2D eigenvalue weighted by Gasteiger charge is -2.09. The molecule has 0 aliphatic rings. The van der Waals surface area contributed by atoms with Crippen LogP contribution in [0.25, 0.3) is 11.0 Å². The van der Waals surface area contributed by atoms with Gasteiger partial charge in [0.15, 0.2) is 5.52 Å². The number of hydrogen-bond acceptors (Lipinski definition) is 6. The number of para-hydroxylation sites is 1. The number of benzene rings is 2. The third-order valence-corrected chi connectivity index (χ3v) is 3.11. The van der Waals surface area contributed by atoms with E-state index in [2.05, 4.69) is 15.3 Å². The number of ether oxygens (including phenoxy) is 1. The lowest BCUT2D eigenvalue weighted by atomic mass is 10.2. The molecule has 1 heterocycles. The first-order valence-corrected chi connectivity index (χ1v) is 6.49. The molecule has 0 spiro atoms. The van der Waals surface area contributed by atoms with Crippen molar-refractivity contribution in [3.63, 3.8) is 0 Å². The lowest BCUT2D eigenvalue weighted by molar-refractivity contribution is -0.382.